The minimum Gasteiger partial charge on any atom is -0.355 e. The molecule has 2 nitrogen and oxygen atoms in total. The molecule has 1 fully saturated rings. The SMILES string of the molecule is C#CCCNC(=O)CCC1CCCC1. The van der Waals surface area contributed by atoms with E-state index >= 15 is 0 Å². The molecule has 0 unspecified atom stereocenters. The minimum absolute atomic E-state index is 0.159. The van der Waals surface area contributed by atoms with Gasteiger partial charge in [0, 0.05) is 19.4 Å². The van der Waals surface area contributed by atoms with Gasteiger partial charge in [-0.1, -0.05) is 25.7 Å². The van der Waals surface area contributed by atoms with Crippen molar-refractivity contribution in [3.63, 3.8) is 0 Å². The molecule has 0 aromatic carbocycles. The first-order chi connectivity index (χ1) is 6.83. The maximum atomic E-state index is 11.3. The molecule has 0 radical (unpaired) electrons. The summed E-state index contributed by atoms with van der Waals surface area (Å²) in [7, 11) is 0. The van der Waals surface area contributed by atoms with E-state index in [4.69, 9.17) is 6.42 Å². The molecule has 0 spiro atoms. The number of carbonyl (C=O) groups excluding carboxylic acids is 1. The second-order valence-corrected chi connectivity index (χ2v) is 3.99. The molecule has 14 heavy (non-hydrogen) atoms. The van der Waals surface area contributed by atoms with Crippen LogP contribution in [0.5, 0.6) is 0 Å². The van der Waals surface area contributed by atoms with E-state index in [1.165, 1.54) is 25.7 Å². The molecule has 1 aliphatic carbocycles. The maximum absolute atomic E-state index is 11.3. The highest BCUT2D eigenvalue weighted by Crippen LogP contribution is 2.28. The average Bonchev–Trinajstić information content (AvgIpc) is 2.68. The van der Waals surface area contributed by atoms with Crippen LogP contribution in [0.3, 0.4) is 0 Å². The van der Waals surface area contributed by atoms with Crippen molar-refractivity contribution in [2.75, 3.05) is 6.54 Å². The minimum atomic E-state index is 0.159. The van der Waals surface area contributed by atoms with Crippen LogP contribution in [0.15, 0.2) is 0 Å². The smallest absolute Gasteiger partial charge is 0.220 e. The van der Waals surface area contributed by atoms with Crippen molar-refractivity contribution >= 4 is 5.91 Å². The molecule has 1 saturated carbocycles. The fourth-order valence-electron chi connectivity index (χ4n) is 2.00. The number of amides is 1. The molecule has 0 aliphatic heterocycles. The summed E-state index contributed by atoms with van der Waals surface area (Å²) in [5.74, 6) is 3.46. The zero-order valence-corrected chi connectivity index (χ0v) is 8.72. The molecular weight excluding hydrogens is 174 g/mol. The Bertz CT molecular complexity index is 211. The Hall–Kier alpha value is -0.970. The molecule has 1 rings (SSSR count). The standard InChI is InChI=1S/C12H19NO/c1-2-3-10-13-12(14)9-8-11-6-4-5-7-11/h1,11H,3-10H2,(H,13,14). The largest absolute Gasteiger partial charge is 0.355 e. The van der Waals surface area contributed by atoms with Gasteiger partial charge in [-0.3, -0.25) is 4.79 Å². The molecule has 0 saturated heterocycles. The number of carbonyl (C=O) groups is 1. The van der Waals surface area contributed by atoms with Gasteiger partial charge >= 0.3 is 0 Å². The molecule has 1 N–H and O–H groups in total. The van der Waals surface area contributed by atoms with Gasteiger partial charge in [-0.15, -0.1) is 12.3 Å². The second-order valence-electron chi connectivity index (χ2n) is 3.99. The van der Waals surface area contributed by atoms with E-state index in [0.29, 0.717) is 19.4 Å². The molecule has 78 valence electrons. The third-order valence-electron chi connectivity index (χ3n) is 2.85. The van der Waals surface area contributed by atoms with Gasteiger partial charge in [0.25, 0.3) is 0 Å². The van der Waals surface area contributed by atoms with Crippen molar-refractivity contribution in [2.45, 2.75) is 44.9 Å². The molecular formula is C12H19NO. The van der Waals surface area contributed by atoms with E-state index in [-0.39, 0.29) is 5.91 Å². The van der Waals surface area contributed by atoms with Crippen molar-refractivity contribution in [3.05, 3.63) is 0 Å². The molecule has 1 aliphatic rings. The van der Waals surface area contributed by atoms with E-state index in [1.807, 2.05) is 0 Å². The Kier molecular flexibility index (Phi) is 5.14. The predicted octanol–water partition coefficient (Wildman–Crippen LogP) is 2.10. The predicted molar refractivity (Wildman–Crippen MR) is 57.7 cm³/mol. The number of nitrogens with one attached hydrogen (secondary N) is 1. The van der Waals surface area contributed by atoms with Crippen LogP contribution in [-0.2, 0) is 4.79 Å². The summed E-state index contributed by atoms with van der Waals surface area (Å²) in [5, 5.41) is 2.83. The van der Waals surface area contributed by atoms with E-state index in [0.717, 1.165) is 12.3 Å². The summed E-state index contributed by atoms with van der Waals surface area (Å²) < 4.78 is 0. The molecule has 0 heterocycles. The van der Waals surface area contributed by atoms with Gasteiger partial charge < -0.3 is 5.32 Å². The summed E-state index contributed by atoms with van der Waals surface area (Å²) >= 11 is 0. The number of hydrogen-bond acceptors (Lipinski definition) is 1. The lowest BCUT2D eigenvalue weighted by atomic mass is 10.0. The molecule has 0 aromatic heterocycles. The van der Waals surface area contributed by atoms with Gasteiger partial charge in [0.15, 0.2) is 0 Å². The Morgan fingerprint density at radius 1 is 1.43 bits per heavy atom. The van der Waals surface area contributed by atoms with Crippen molar-refractivity contribution in [2.24, 2.45) is 5.92 Å². The Labute approximate surface area is 86.5 Å². The monoisotopic (exact) mass is 193 g/mol. The van der Waals surface area contributed by atoms with Crippen LogP contribution in [0.1, 0.15) is 44.9 Å². The van der Waals surface area contributed by atoms with Gasteiger partial charge in [-0.05, 0) is 12.3 Å². The lowest BCUT2D eigenvalue weighted by molar-refractivity contribution is -0.121. The van der Waals surface area contributed by atoms with E-state index in [2.05, 4.69) is 11.2 Å². The van der Waals surface area contributed by atoms with Crippen molar-refractivity contribution < 1.29 is 4.79 Å². The first-order valence-electron chi connectivity index (χ1n) is 5.53. The van der Waals surface area contributed by atoms with Crippen molar-refractivity contribution in [3.8, 4) is 12.3 Å². The highest BCUT2D eigenvalue weighted by molar-refractivity contribution is 5.75. The van der Waals surface area contributed by atoms with Crippen molar-refractivity contribution in [1.82, 2.24) is 5.32 Å². The summed E-state index contributed by atoms with van der Waals surface area (Å²) in [6.07, 6.45) is 12.8. The molecule has 2 heteroatoms. The van der Waals surface area contributed by atoms with Gasteiger partial charge in [-0.2, -0.15) is 0 Å². The first kappa shape index (κ1) is 11.1. The average molecular weight is 193 g/mol. The second kappa shape index (κ2) is 6.48. The summed E-state index contributed by atoms with van der Waals surface area (Å²) in [6.45, 7) is 0.625. The third kappa shape index (κ3) is 4.32. The molecule has 0 atom stereocenters. The van der Waals surface area contributed by atoms with E-state index < -0.39 is 0 Å². The van der Waals surface area contributed by atoms with Gasteiger partial charge in [0.1, 0.15) is 0 Å². The molecule has 1 amide bonds. The fraction of sp³-hybridized carbons (Fsp3) is 0.750. The van der Waals surface area contributed by atoms with Crippen LogP contribution in [-0.4, -0.2) is 12.5 Å². The van der Waals surface area contributed by atoms with Gasteiger partial charge in [0.2, 0.25) is 5.91 Å². The quantitative estimate of drug-likeness (QED) is 0.526. The Morgan fingerprint density at radius 2 is 2.14 bits per heavy atom. The van der Waals surface area contributed by atoms with Crippen LogP contribution in [0.25, 0.3) is 0 Å². The lowest BCUT2D eigenvalue weighted by Crippen LogP contribution is -2.24. The van der Waals surface area contributed by atoms with E-state index in [9.17, 15) is 4.79 Å². The highest BCUT2D eigenvalue weighted by Gasteiger charge is 2.15. The normalized spacial score (nSPS) is 16.5. The first-order valence-corrected chi connectivity index (χ1v) is 5.53. The van der Waals surface area contributed by atoms with Crippen molar-refractivity contribution in [1.29, 1.82) is 0 Å². The number of terminal acetylenes is 1. The Morgan fingerprint density at radius 3 is 2.79 bits per heavy atom. The van der Waals surface area contributed by atoms with Crippen LogP contribution in [0.2, 0.25) is 0 Å². The van der Waals surface area contributed by atoms with Gasteiger partial charge in [-0.25, -0.2) is 0 Å². The molecule has 0 aromatic rings. The topological polar surface area (TPSA) is 29.1 Å². The number of rotatable bonds is 5. The summed E-state index contributed by atoms with van der Waals surface area (Å²) in [4.78, 5) is 11.3. The van der Waals surface area contributed by atoms with Crippen LogP contribution in [0.4, 0.5) is 0 Å². The summed E-state index contributed by atoms with van der Waals surface area (Å²) in [6, 6.07) is 0. The van der Waals surface area contributed by atoms with E-state index in [1.54, 1.807) is 0 Å². The lowest BCUT2D eigenvalue weighted by Gasteiger charge is -2.08. The maximum Gasteiger partial charge on any atom is 0.220 e. The summed E-state index contributed by atoms with van der Waals surface area (Å²) in [5.41, 5.74) is 0. The van der Waals surface area contributed by atoms with Crippen LogP contribution < -0.4 is 5.32 Å². The third-order valence-corrected chi connectivity index (χ3v) is 2.85. The highest BCUT2D eigenvalue weighted by atomic mass is 16.1. The zero-order valence-electron chi connectivity index (χ0n) is 8.72. The molecule has 0 bridgehead atoms. The number of hydrogen-bond donors (Lipinski definition) is 1. The van der Waals surface area contributed by atoms with Gasteiger partial charge in [0.05, 0.1) is 0 Å². The fourth-order valence-corrected chi connectivity index (χ4v) is 2.00. The zero-order chi connectivity index (χ0) is 10.2. The Balaban J connectivity index is 2.00. The van der Waals surface area contributed by atoms with Crippen LogP contribution >= 0.6 is 0 Å². The van der Waals surface area contributed by atoms with Crippen LogP contribution in [0, 0.1) is 18.3 Å².